The van der Waals surface area contributed by atoms with Gasteiger partial charge in [0.2, 0.25) is 0 Å². The zero-order valence-corrected chi connectivity index (χ0v) is 13.2. The van der Waals surface area contributed by atoms with Gasteiger partial charge in [0.05, 0.1) is 0 Å². The summed E-state index contributed by atoms with van der Waals surface area (Å²) in [5, 5.41) is 2.86. The lowest BCUT2D eigenvalue weighted by Crippen LogP contribution is -2.41. The number of nitrogens with one attached hydrogen (secondary N) is 2. The Labute approximate surface area is 139 Å². The quantitative estimate of drug-likeness (QED) is 0.621. The Morgan fingerprint density at radius 1 is 1.08 bits per heavy atom. The molecule has 0 aliphatic carbocycles. The summed E-state index contributed by atoms with van der Waals surface area (Å²) in [6.45, 7) is 0. The van der Waals surface area contributed by atoms with E-state index in [1.54, 1.807) is 7.05 Å². The van der Waals surface area contributed by atoms with E-state index in [-0.39, 0.29) is 5.56 Å². The second kappa shape index (κ2) is 8.59. The van der Waals surface area contributed by atoms with Crippen molar-refractivity contribution >= 4 is 18.2 Å². The van der Waals surface area contributed by atoms with Gasteiger partial charge in [-0.05, 0) is 31.2 Å². The van der Waals surface area contributed by atoms with Crippen LogP contribution in [0.1, 0.15) is 26.3 Å². The molecule has 1 amide bonds. The standard InChI is InChI=1S/C18H18N2O4/c1-19-16(11-13-5-3-2-4-6-13)18(23)24-20-17(22)15-9-7-14(12-21)8-10-15/h2-10,12,16,19H,11H2,1H3,(H,20,22)/t16-/m0/s1. The van der Waals surface area contributed by atoms with E-state index in [0.717, 1.165) is 5.56 Å². The first-order chi connectivity index (χ1) is 11.6. The number of benzene rings is 2. The van der Waals surface area contributed by atoms with Crippen molar-refractivity contribution in [2.45, 2.75) is 12.5 Å². The van der Waals surface area contributed by atoms with Crippen LogP contribution >= 0.6 is 0 Å². The van der Waals surface area contributed by atoms with Crippen LogP contribution in [0, 0.1) is 0 Å². The Bertz CT molecular complexity index is 699. The molecule has 0 heterocycles. The molecule has 0 aromatic heterocycles. The number of carbonyl (C=O) groups is 3. The molecule has 0 fully saturated rings. The number of hydrogen-bond donors (Lipinski definition) is 2. The van der Waals surface area contributed by atoms with Crippen molar-refractivity contribution in [3.8, 4) is 0 Å². The Hall–Kier alpha value is -2.99. The largest absolute Gasteiger partial charge is 0.349 e. The average molecular weight is 326 g/mol. The van der Waals surface area contributed by atoms with Crippen molar-refractivity contribution in [3.05, 3.63) is 71.3 Å². The second-order valence-corrected chi connectivity index (χ2v) is 5.12. The van der Waals surface area contributed by atoms with Crippen LogP contribution in [0.5, 0.6) is 0 Å². The lowest BCUT2D eigenvalue weighted by molar-refractivity contribution is -0.151. The highest BCUT2D eigenvalue weighted by Crippen LogP contribution is 2.05. The molecule has 0 saturated heterocycles. The Kier molecular flexibility index (Phi) is 6.22. The topological polar surface area (TPSA) is 84.5 Å². The molecule has 0 aliphatic rings. The van der Waals surface area contributed by atoms with Gasteiger partial charge in [0.25, 0.3) is 5.91 Å². The van der Waals surface area contributed by atoms with Crippen LogP contribution in [0.2, 0.25) is 0 Å². The molecule has 0 saturated carbocycles. The van der Waals surface area contributed by atoms with Gasteiger partial charge in [-0.15, -0.1) is 0 Å². The smallest absolute Gasteiger partial charge is 0.339 e. The number of rotatable bonds is 6. The van der Waals surface area contributed by atoms with Crippen LogP contribution in [0.15, 0.2) is 54.6 Å². The van der Waals surface area contributed by atoms with Gasteiger partial charge in [-0.1, -0.05) is 42.5 Å². The summed E-state index contributed by atoms with van der Waals surface area (Å²) in [5.41, 5.74) is 3.85. The average Bonchev–Trinajstić information content (AvgIpc) is 2.64. The number of aldehydes is 1. The highest BCUT2D eigenvalue weighted by Gasteiger charge is 2.20. The predicted octanol–water partition coefficient (Wildman–Crippen LogP) is 1.52. The van der Waals surface area contributed by atoms with Gasteiger partial charge >= 0.3 is 5.97 Å². The molecule has 2 aromatic carbocycles. The Morgan fingerprint density at radius 3 is 2.33 bits per heavy atom. The number of carbonyl (C=O) groups excluding carboxylic acids is 3. The molecule has 2 aromatic rings. The third-order valence-corrected chi connectivity index (χ3v) is 3.47. The molecule has 1 atom stereocenters. The van der Waals surface area contributed by atoms with Crippen molar-refractivity contribution in [3.63, 3.8) is 0 Å². The molecular weight excluding hydrogens is 308 g/mol. The Morgan fingerprint density at radius 2 is 1.75 bits per heavy atom. The lowest BCUT2D eigenvalue weighted by Gasteiger charge is -2.15. The van der Waals surface area contributed by atoms with Crippen LogP contribution in [-0.2, 0) is 16.1 Å². The first-order valence-corrected chi connectivity index (χ1v) is 7.41. The fourth-order valence-electron chi connectivity index (χ4n) is 2.09. The molecule has 2 rings (SSSR count). The molecule has 124 valence electrons. The summed E-state index contributed by atoms with van der Waals surface area (Å²) >= 11 is 0. The monoisotopic (exact) mass is 326 g/mol. The zero-order valence-electron chi connectivity index (χ0n) is 13.2. The van der Waals surface area contributed by atoms with E-state index in [9.17, 15) is 14.4 Å². The minimum Gasteiger partial charge on any atom is -0.339 e. The second-order valence-electron chi connectivity index (χ2n) is 5.12. The maximum Gasteiger partial charge on any atom is 0.349 e. The first kappa shape index (κ1) is 17.4. The van der Waals surface area contributed by atoms with Crippen LogP contribution < -0.4 is 10.8 Å². The third kappa shape index (κ3) is 4.76. The van der Waals surface area contributed by atoms with Crippen molar-refractivity contribution in [2.24, 2.45) is 0 Å². The summed E-state index contributed by atoms with van der Waals surface area (Å²) < 4.78 is 0. The maximum atomic E-state index is 12.1. The summed E-state index contributed by atoms with van der Waals surface area (Å²) in [6, 6.07) is 14.9. The molecule has 0 aliphatic heterocycles. The molecule has 6 heteroatoms. The van der Waals surface area contributed by atoms with E-state index in [1.807, 2.05) is 30.3 Å². The van der Waals surface area contributed by atoms with Crippen LogP contribution in [0.3, 0.4) is 0 Å². The van der Waals surface area contributed by atoms with Gasteiger partial charge in [0.15, 0.2) is 0 Å². The maximum absolute atomic E-state index is 12.1. The number of hydroxylamine groups is 1. The fraction of sp³-hybridized carbons (Fsp3) is 0.167. The minimum absolute atomic E-state index is 0.289. The summed E-state index contributed by atoms with van der Waals surface area (Å²) in [4.78, 5) is 39.4. The summed E-state index contributed by atoms with van der Waals surface area (Å²) in [6.07, 6.45) is 1.13. The van der Waals surface area contributed by atoms with Gasteiger partial charge in [0.1, 0.15) is 12.3 Å². The van der Waals surface area contributed by atoms with Crippen LogP contribution in [0.4, 0.5) is 0 Å². The molecule has 0 spiro atoms. The SMILES string of the molecule is CN[C@@H](Cc1ccccc1)C(=O)ONC(=O)c1ccc(C=O)cc1. The van der Waals surface area contributed by atoms with Crippen molar-refractivity contribution < 1.29 is 19.2 Å². The van der Waals surface area contributed by atoms with E-state index in [1.165, 1.54) is 24.3 Å². The van der Waals surface area contributed by atoms with Crippen molar-refractivity contribution in [2.75, 3.05) is 7.05 Å². The van der Waals surface area contributed by atoms with Crippen molar-refractivity contribution in [1.29, 1.82) is 0 Å². The molecule has 24 heavy (non-hydrogen) atoms. The highest BCUT2D eigenvalue weighted by molar-refractivity contribution is 5.95. The van der Waals surface area contributed by atoms with Gasteiger partial charge < -0.3 is 10.2 Å². The van der Waals surface area contributed by atoms with E-state index in [0.29, 0.717) is 18.3 Å². The molecule has 0 radical (unpaired) electrons. The predicted molar refractivity (Wildman–Crippen MR) is 88.4 cm³/mol. The van der Waals surface area contributed by atoms with E-state index in [2.05, 4.69) is 10.8 Å². The molecule has 6 nitrogen and oxygen atoms in total. The van der Waals surface area contributed by atoms with E-state index < -0.39 is 17.9 Å². The van der Waals surface area contributed by atoms with Crippen LogP contribution in [-0.4, -0.2) is 31.3 Å². The molecular formula is C18H18N2O4. The van der Waals surface area contributed by atoms with Gasteiger partial charge in [-0.3, -0.25) is 9.59 Å². The van der Waals surface area contributed by atoms with Gasteiger partial charge in [0, 0.05) is 11.1 Å². The van der Waals surface area contributed by atoms with Gasteiger partial charge in [-0.25, -0.2) is 4.79 Å². The van der Waals surface area contributed by atoms with Crippen LogP contribution in [0.25, 0.3) is 0 Å². The normalized spacial score (nSPS) is 11.4. The van der Waals surface area contributed by atoms with Gasteiger partial charge in [-0.2, -0.15) is 5.48 Å². The summed E-state index contributed by atoms with van der Waals surface area (Å²) in [5.74, 6) is -1.14. The highest BCUT2D eigenvalue weighted by atomic mass is 16.7. The molecule has 0 bridgehead atoms. The molecule has 0 unspecified atom stereocenters. The number of amides is 1. The Balaban J connectivity index is 1.90. The fourth-order valence-corrected chi connectivity index (χ4v) is 2.09. The first-order valence-electron chi connectivity index (χ1n) is 7.41. The summed E-state index contributed by atoms with van der Waals surface area (Å²) in [7, 11) is 1.65. The van der Waals surface area contributed by atoms with Crippen molar-refractivity contribution in [1.82, 2.24) is 10.8 Å². The van der Waals surface area contributed by atoms with E-state index in [4.69, 9.17) is 4.84 Å². The lowest BCUT2D eigenvalue weighted by atomic mass is 10.1. The molecule has 2 N–H and O–H groups in total. The minimum atomic E-state index is -0.584. The number of likely N-dealkylation sites (N-methyl/N-ethyl adjacent to an activating group) is 1. The third-order valence-electron chi connectivity index (χ3n) is 3.47. The van der Waals surface area contributed by atoms with E-state index >= 15 is 0 Å². The zero-order chi connectivity index (χ0) is 17.4. The number of hydrogen-bond acceptors (Lipinski definition) is 5.